The van der Waals surface area contributed by atoms with Crippen molar-refractivity contribution in [2.24, 2.45) is 0 Å². The first-order chi connectivity index (χ1) is 9.86. The molecule has 4 nitrogen and oxygen atoms in total. The van der Waals surface area contributed by atoms with Crippen molar-refractivity contribution in [2.75, 3.05) is 33.7 Å². The van der Waals surface area contributed by atoms with Crippen LogP contribution in [0.2, 0.25) is 0 Å². The summed E-state index contributed by atoms with van der Waals surface area (Å²) in [5, 5.41) is 5.17. The van der Waals surface area contributed by atoms with Crippen LogP contribution in [0.1, 0.15) is 11.6 Å². The highest BCUT2D eigenvalue weighted by Gasteiger charge is 2.40. The van der Waals surface area contributed by atoms with Crippen LogP contribution in [0.15, 0.2) is 30.3 Å². The molecule has 0 radical (unpaired) electrons. The average molecular weight is 376 g/mol. The van der Waals surface area contributed by atoms with Gasteiger partial charge in [-0.2, -0.15) is 13.2 Å². The van der Waals surface area contributed by atoms with Crippen LogP contribution in [0.25, 0.3) is 0 Å². The Morgan fingerprint density at radius 3 is 2.26 bits per heavy atom. The Morgan fingerprint density at radius 2 is 1.78 bits per heavy atom. The van der Waals surface area contributed by atoms with Gasteiger partial charge in [-0.05, 0) is 12.6 Å². The number of likely N-dealkylation sites (N-methyl/N-ethyl adjacent to an activating group) is 2. The Morgan fingerprint density at radius 1 is 1.22 bits per heavy atom. The van der Waals surface area contributed by atoms with Crippen molar-refractivity contribution in [1.82, 2.24) is 15.5 Å². The first kappa shape index (κ1) is 24.2. The van der Waals surface area contributed by atoms with Crippen molar-refractivity contribution in [3.05, 3.63) is 35.9 Å². The normalized spacial score (nSPS) is 11.9. The van der Waals surface area contributed by atoms with Gasteiger partial charge in [-0.15, -0.1) is 24.8 Å². The van der Waals surface area contributed by atoms with Crippen LogP contribution in [-0.2, 0) is 4.79 Å². The number of carbonyl (C=O) groups is 1. The molecular weight excluding hydrogens is 354 g/mol. The molecule has 9 heteroatoms. The Kier molecular flexibility index (Phi) is 12.1. The van der Waals surface area contributed by atoms with Crippen molar-refractivity contribution in [3.63, 3.8) is 0 Å². The summed E-state index contributed by atoms with van der Waals surface area (Å²) in [6.45, 7) is 0.669. The fourth-order valence-corrected chi connectivity index (χ4v) is 1.80. The maximum absolute atomic E-state index is 13.1. The predicted octanol–water partition coefficient (Wildman–Crippen LogP) is 2.40. The number of carbonyl (C=O) groups excluding carboxylic acids is 1. The summed E-state index contributed by atoms with van der Waals surface area (Å²) in [7, 11) is 3.30. The molecule has 1 aromatic carbocycles. The highest BCUT2D eigenvalue weighted by atomic mass is 35.5. The molecule has 0 aliphatic carbocycles. The maximum Gasteiger partial charge on any atom is 0.407 e. The number of nitrogens with one attached hydrogen (secondary N) is 2. The topological polar surface area (TPSA) is 44.4 Å². The highest BCUT2D eigenvalue weighted by molar-refractivity contribution is 5.85. The van der Waals surface area contributed by atoms with Gasteiger partial charge in [0, 0.05) is 20.1 Å². The van der Waals surface area contributed by atoms with Gasteiger partial charge >= 0.3 is 6.18 Å². The number of halogens is 5. The van der Waals surface area contributed by atoms with E-state index in [1.165, 1.54) is 29.2 Å². The lowest BCUT2D eigenvalue weighted by Crippen LogP contribution is -2.43. The quantitative estimate of drug-likeness (QED) is 0.768. The van der Waals surface area contributed by atoms with Crippen molar-refractivity contribution >= 4 is 30.7 Å². The molecular formula is C14H22Cl2F3N3O. The third kappa shape index (κ3) is 8.41. The van der Waals surface area contributed by atoms with Gasteiger partial charge in [-0.3, -0.25) is 10.1 Å². The van der Waals surface area contributed by atoms with E-state index in [2.05, 4.69) is 10.6 Å². The largest absolute Gasteiger partial charge is 0.407 e. The molecule has 0 aromatic heterocycles. The van der Waals surface area contributed by atoms with Gasteiger partial charge in [-0.1, -0.05) is 30.3 Å². The first-order valence-electron chi connectivity index (χ1n) is 6.60. The molecule has 1 amide bonds. The minimum Gasteiger partial charge on any atom is -0.343 e. The van der Waals surface area contributed by atoms with Crippen LogP contribution in [0.4, 0.5) is 13.2 Å². The SMILES string of the molecule is CNCCN(C)C(=O)CNC(c1ccccc1)C(F)(F)F.Cl.Cl. The standard InChI is InChI=1S/C14H20F3N3O.2ClH/c1-18-8-9-20(2)12(21)10-19-13(14(15,16)17)11-6-4-3-5-7-11;;/h3-7,13,18-19H,8-10H2,1-2H3;2*1H. The Hall–Kier alpha value is -1.02. The molecule has 0 spiro atoms. The van der Waals surface area contributed by atoms with Gasteiger partial charge in [-0.25, -0.2) is 0 Å². The molecule has 1 rings (SSSR count). The molecule has 0 fully saturated rings. The first-order valence-corrected chi connectivity index (χ1v) is 6.60. The number of nitrogens with zero attached hydrogens (tertiary/aromatic N) is 1. The molecule has 0 aliphatic rings. The predicted molar refractivity (Wildman–Crippen MR) is 89.3 cm³/mol. The van der Waals surface area contributed by atoms with Crippen molar-refractivity contribution in [2.45, 2.75) is 12.2 Å². The summed E-state index contributed by atoms with van der Waals surface area (Å²) in [6.07, 6.45) is -4.45. The molecule has 2 N–H and O–H groups in total. The second-order valence-electron chi connectivity index (χ2n) is 4.69. The van der Waals surface area contributed by atoms with Gasteiger partial charge < -0.3 is 10.2 Å². The van der Waals surface area contributed by atoms with E-state index in [9.17, 15) is 18.0 Å². The lowest BCUT2D eigenvalue weighted by atomic mass is 10.1. The molecule has 0 aliphatic heterocycles. The van der Waals surface area contributed by atoms with E-state index < -0.39 is 12.2 Å². The highest BCUT2D eigenvalue weighted by Crippen LogP contribution is 2.32. The number of benzene rings is 1. The van der Waals surface area contributed by atoms with Crippen LogP contribution < -0.4 is 10.6 Å². The summed E-state index contributed by atoms with van der Waals surface area (Å²) < 4.78 is 39.2. The number of rotatable bonds is 7. The van der Waals surface area contributed by atoms with Crippen LogP contribution in [0.5, 0.6) is 0 Å². The number of alkyl halides is 3. The zero-order valence-corrected chi connectivity index (χ0v) is 14.5. The lowest BCUT2D eigenvalue weighted by molar-refractivity contribution is -0.158. The zero-order valence-electron chi connectivity index (χ0n) is 12.9. The minimum absolute atomic E-state index is 0. The van der Waals surface area contributed by atoms with Crippen molar-refractivity contribution in [3.8, 4) is 0 Å². The molecule has 0 saturated heterocycles. The lowest BCUT2D eigenvalue weighted by Gasteiger charge is -2.23. The summed E-state index contributed by atoms with van der Waals surface area (Å²) in [5.41, 5.74) is 0.0932. The summed E-state index contributed by atoms with van der Waals surface area (Å²) in [4.78, 5) is 13.2. The van der Waals surface area contributed by atoms with Crippen LogP contribution >= 0.6 is 24.8 Å². The fraction of sp³-hybridized carbons (Fsp3) is 0.500. The third-order valence-electron chi connectivity index (χ3n) is 3.04. The average Bonchev–Trinajstić information content (AvgIpc) is 2.44. The number of amides is 1. The van der Waals surface area contributed by atoms with Gasteiger partial charge in [0.1, 0.15) is 6.04 Å². The van der Waals surface area contributed by atoms with Gasteiger partial charge in [0.2, 0.25) is 5.91 Å². The van der Waals surface area contributed by atoms with Gasteiger partial charge in [0.05, 0.1) is 6.54 Å². The van der Waals surface area contributed by atoms with E-state index in [1.807, 2.05) is 0 Å². The van der Waals surface area contributed by atoms with E-state index in [1.54, 1.807) is 20.2 Å². The molecule has 0 saturated carbocycles. The Balaban J connectivity index is 0. The number of hydrogen-bond acceptors (Lipinski definition) is 3. The zero-order chi connectivity index (χ0) is 15.9. The summed E-state index contributed by atoms with van der Waals surface area (Å²) in [6, 6.07) is 5.65. The molecule has 23 heavy (non-hydrogen) atoms. The summed E-state index contributed by atoms with van der Waals surface area (Å²) in [5.74, 6) is -0.379. The van der Waals surface area contributed by atoms with Gasteiger partial charge in [0.15, 0.2) is 0 Å². The third-order valence-corrected chi connectivity index (χ3v) is 3.04. The number of hydrogen-bond donors (Lipinski definition) is 2. The van der Waals surface area contributed by atoms with Crippen molar-refractivity contribution < 1.29 is 18.0 Å². The van der Waals surface area contributed by atoms with Gasteiger partial charge in [0.25, 0.3) is 0 Å². The van der Waals surface area contributed by atoms with Crippen LogP contribution in [0, 0.1) is 0 Å². The van der Waals surface area contributed by atoms with Crippen LogP contribution in [0.3, 0.4) is 0 Å². The van der Waals surface area contributed by atoms with E-state index in [-0.39, 0.29) is 42.8 Å². The van der Waals surface area contributed by atoms with Crippen molar-refractivity contribution in [1.29, 1.82) is 0 Å². The monoisotopic (exact) mass is 375 g/mol. The van der Waals surface area contributed by atoms with E-state index >= 15 is 0 Å². The molecule has 1 aromatic rings. The molecule has 134 valence electrons. The Bertz CT molecular complexity index is 447. The molecule has 0 heterocycles. The molecule has 1 unspecified atom stereocenters. The Labute approximate surface area is 146 Å². The fourth-order valence-electron chi connectivity index (χ4n) is 1.80. The maximum atomic E-state index is 13.1. The van der Waals surface area contributed by atoms with E-state index in [4.69, 9.17) is 0 Å². The van der Waals surface area contributed by atoms with E-state index in [0.717, 1.165) is 0 Å². The second kappa shape index (κ2) is 11.5. The second-order valence-corrected chi connectivity index (χ2v) is 4.69. The molecule has 0 bridgehead atoms. The molecule has 1 atom stereocenters. The summed E-state index contributed by atoms with van der Waals surface area (Å²) >= 11 is 0. The van der Waals surface area contributed by atoms with Crippen LogP contribution in [-0.4, -0.2) is 50.7 Å². The van der Waals surface area contributed by atoms with E-state index in [0.29, 0.717) is 13.1 Å². The smallest absolute Gasteiger partial charge is 0.343 e. The minimum atomic E-state index is -4.45.